The number of hydrogen-bond acceptors (Lipinski definition) is 4. The molecule has 0 bridgehead atoms. The molecule has 21 heavy (non-hydrogen) atoms. The lowest BCUT2D eigenvalue weighted by molar-refractivity contribution is -0.274. The molecular formula is C14H17F3N2O2. The van der Waals surface area contributed by atoms with Gasteiger partial charge in [0.2, 0.25) is 0 Å². The van der Waals surface area contributed by atoms with Crippen LogP contribution >= 0.6 is 0 Å². The summed E-state index contributed by atoms with van der Waals surface area (Å²) in [6.07, 6.45) is -4.67. The van der Waals surface area contributed by atoms with Crippen molar-refractivity contribution in [3.63, 3.8) is 0 Å². The standard InChI is InChI=1S/C14H17F3N2O2/c1-11(20)10-18-6-8-19(9-7-18)12-2-4-13(5-3-12)21-14(15,16)17/h2-5H,6-10H2,1H3. The fourth-order valence-electron chi connectivity index (χ4n) is 2.34. The summed E-state index contributed by atoms with van der Waals surface area (Å²) in [6.45, 7) is 5.03. The van der Waals surface area contributed by atoms with Gasteiger partial charge in [-0.2, -0.15) is 0 Å². The van der Waals surface area contributed by atoms with E-state index in [4.69, 9.17) is 0 Å². The third-order valence-electron chi connectivity index (χ3n) is 3.25. The average Bonchev–Trinajstić information content (AvgIpc) is 2.38. The largest absolute Gasteiger partial charge is 0.573 e. The number of carbonyl (C=O) groups excluding carboxylic acids is 1. The first-order valence-corrected chi connectivity index (χ1v) is 6.66. The van der Waals surface area contributed by atoms with Gasteiger partial charge in [0.15, 0.2) is 0 Å². The van der Waals surface area contributed by atoms with E-state index >= 15 is 0 Å². The Hall–Kier alpha value is -1.76. The van der Waals surface area contributed by atoms with Gasteiger partial charge in [-0.1, -0.05) is 0 Å². The molecule has 0 radical (unpaired) electrons. The Morgan fingerprint density at radius 1 is 1.14 bits per heavy atom. The van der Waals surface area contributed by atoms with Crippen molar-refractivity contribution in [3.05, 3.63) is 24.3 Å². The Bertz CT molecular complexity index is 480. The maximum absolute atomic E-state index is 12.1. The first kappa shape index (κ1) is 15.6. The smallest absolute Gasteiger partial charge is 0.406 e. The fourth-order valence-corrected chi connectivity index (χ4v) is 2.34. The summed E-state index contributed by atoms with van der Waals surface area (Å²) in [7, 11) is 0. The van der Waals surface area contributed by atoms with Crippen LogP contribution < -0.4 is 9.64 Å². The van der Waals surface area contributed by atoms with Gasteiger partial charge >= 0.3 is 6.36 Å². The molecule has 1 aromatic rings. The number of carbonyl (C=O) groups is 1. The normalized spacial score (nSPS) is 16.9. The summed E-state index contributed by atoms with van der Waals surface area (Å²) in [4.78, 5) is 15.2. The molecule has 0 unspecified atom stereocenters. The van der Waals surface area contributed by atoms with E-state index in [0.29, 0.717) is 6.54 Å². The molecular weight excluding hydrogens is 285 g/mol. The van der Waals surface area contributed by atoms with Gasteiger partial charge in [-0.05, 0) is 31.2 Å². The first-order chi connectivity index (χ1) is 9.83. The first-order valence-electron chi connectivity index (χ1n) is 6.66. The van der Waals surface area contributed by atoms with Crippen LogP contribution in [0, 0.1) is 0 Å². The van der Waals surface area contributed by atoms with Gasteiger partial charge in [-0.3, -0.25) is 9.69 Å². The van der Waals surface area contributed by atoms with E-state index in [1.165, 1.54) is 12.1 Å². The van der Waals surface area contributed by atoms with Crippen molar-refractivity contribution in [3.8, 4) is 5.75 Å². The highest BCUT2D eigenvalue weighted by atomic mass is 19.4. The number of halogens is 3. The SMILES string of the molecule is CC(=O)CN1CCN(c2ccc(OC(F)(F)F)cc2)CC1. The minimum Gasteiger partial charge on any atom is -0.406 e. The predicted octanol–water partition coefficient (Wildman–Crippen LogP) is 2.30. The Labute approximate surface area is 121 Å². The van der Waals surface area contributed by atoms with Gasteiger partial charge in [0.25, 0.3) is 0 Å². The van der Waals surface area contributed by atoms with Crippen LogP contribution in [-0.2, 0) is 4.79 Å². The zero-order chi connectivity index (χ0) is 15.5. The third kappa shape index (κ3) is 4.93. The zero-order valence-electron chi connectivity index (χ0n) is 11.7. The molecule has 116 valence electrons. The molecule has 0 aliphatic carbocycles. The minimum absolute atomic E-state index is 0.136. The van der Waals surface area contributed by atoms with E-state index in [-0.39, 0.29) is 11.5 Å². The fraction of sp³-hybridized carbons (Fsp3) is 0.500. The molecule has 7 heteroatoms. The Balaban J connectivity index is 1.90. The molecule has 1 fully saturated rings. The van der Waals surface area contributed by atoms with Gasteiger partial charge in [-0.25, -0.2) is 0 Å². The summed E-state index contributed by atoms with van der Waals surface area (Å²) in [5.41, 5.74) is 0.854. The number of nitrogens with zero attached hydrogens (tertiary/aromatic N) is 2. The quantitative estimate of drug-likeness (QED) is 0.854. The Kier molecular flexibility index (Phi) is 4.72. The summed E-state index contributed by atoms with van der Waals surface area (Å²) in [6, 6.07) is 5.85. The molecule has 0 saturated carbocycles. The molecule has 1 aliphatic rings. The van der Waals surface area contributed by atoms with E-state index in [2.05, 4.69) is 14.5 Å². The van der Waals surface area contributed by atoms with Crippen molar-refractivity contribution in [2.75, 3.05) is 37.6 Å². The van der Waals surface area contributed by atoms with Crippen molar-refractivity contribution in [1.82, 2.24) is 4.90 Å². The number of benzene rings is 1. The summed E-state index contributed by atoms with van der Waals surface area (Å²) in [5, 5.41) is 0. The number of hydrogen-bond donors (Lipinski definition) is 0. The number of ketones is 1. The molecule has 0 spiro atoms. The number of Topliss-reactive ketones (excluding diaryl/α,β-unsaturated/α-hetero) is 1. The van der Waals surface area contributed by atoms with Crippen LogP contribution in [0.15, 0.2) is 24.3 Å². The van der Waals surface area contributed by atoms with Crippen LogP contribution in [0.5, 0.6) is 5.75 Å². The molecule has 2 rings (SSSR count). The van der Waals surface area contributed by atoms with Crippen LogP contribution in [0.3, 0.4) is 0 Å². The van der Waals surface area contributed by atoms with E-state index in [0.717, 1.165) is 31.9 Å². The maximum Gasteiger partial charge on any atom is 0.573 e. The Morgan fingerprint density at radius 2 is 1.71 bits per heavy atom. The van der Waals surface area contributed by atoms with Gasteiger partial charge in [0, 0.05) is 31.9 Å². The number of rotatable bonds is 4. The maximum atomic E-state index is 12.1. The number of anilines is 1. The number of ether oxygens (including phenoxy) is 1. The molecule has 0 N–H and O–H groups in total. The number of alkyl halides is 3. The van der Waals surface area contributed by atoms with Gasteiger partial charge in [0.05, 0.1) is 6.54 Å². The van der Waals surface area contributed by atoms with Crippen LogP contribution in [0.1, 0.15) is 6.92 Å². The van der Waals surface area contributed by atoms with Gasteiger partial charge in [0.1, 0.15) is 11.5 Å². The topological polar surface area (TPSA) is 32.8 Å². The second-order valence-corrected chi connectivity index (χ2v) is 5.01. The van der Waals surface area contributed by atoms with E-state index in [1.807, 2.05) is 0 Å². The molecule has 4 nitrogen and oxygen atoms in total. The molecule has 0 amide bonds. The van der Waals surface area contributed by atoms with Gasteiger partial charge < -0.3 is 9.64 Å². The van der Waals surface area contributed by atoms with Crippen LogP contribution in [0.25, 0.3) is 0 Å². The molecule has 1 heterocycles. The molecule has 1 aliphatic heterocycles. The van der Waals surface area contributed by atoms with Crippen molar-refractivity contribution in [2.24, 2.45) is 0 Å². The van der Waals surface area contributed by atoms with Crippen LogP contribution in [-0.4, -0.2) is 49.8 Å². The predicted molar refractivity (Wildman–Crippen MR) is 72.5 cm³/mol. The lowest BCUT2D eigenvalue weighted by Gasteiger charge is -2.35. The number of piperazine rings is 1. The lowest BCUT2D eigenvalue weighted by atomic mass is 10.2. The monoisotopic (exact) mass is 302 g/mol. The summed E-state index contributed by atoms with van der Waals surface area (Å²) < 4.78 is 40.1. The molecule has 0 atom stereocenters. The van der Waals surface area contributed by atoms with E-state index in [9.17, 15) is 18.0 Å². The zero-order valence-corrected chi connectivity index (χ0v) is 11.7. The minimum atomic E-state index is -4.67. The van der Waals surface area contributed by atoms with E-state index < -0.39 is 6.36 Å². The summed E-state index contributed by atoms with van der Waals surface area (Å²) >= 11 is 0. The highest BCUT2D eigenvalue weighted by Crippen LogP contribution is 2.25. The van der Waals surface area contributed by atoms with Crippen LogP contribution in [0.2, 0.25) is 0 Å². The van der Waals surface area contributed by atoms with Crippen molar-refractivity contribution >= 4 is 11.5 Å². The average molecular weight is 302 g/mol. The second kappa shape index (κ2) is 6.34. The molecule has 1 saturated heterocycles. The second-order valence-electron chi connectivity index (χ2n) is 5.01. The van der Waals surface area contributed by atoms with Gasteiger partial charge in [-0.15, -0.1) is 13.2 Å². The van der Waals surface area contributed by atoms with Crippen molar-refractivity contribution in [1.29, 1.82) is 0 Å². The third-order valence-corrected chi connectivity index (χ3v) is 3.25. The molecule has 0 aromatic heterocycles. The summed E-state index contributed by atoms with van der Waals surface area (Å²) in [5.74, 6) is -0.0847. The lowest BCUT2D eigenvalue weighted by Crippen LogP contribution is -2.47. The highest BCUT2D eigenvalue weighted by Gasteiger charge is 2.31. The van der Waals surface area contributed by atoms with Crippen molar-refractivity contribution < 1.29 is 22.7 Å². The Morgan fingerprint density at radius 3 is 2.19 bits per heavy atom. The van der Waals surface area contributed by atoms with E-state index in [1.54, 1.807) is 19.1 Å². The molecule has 1 aromatic carbocycles. The van der Waals surface area contributed by atoms with Crippen molar-refractivity contribution in [2.45, 2.75) is 13.3 Å². The van der Waals surface area contributed by atoms with Crippen LogP contribution in [0.4, 0.5) is 18.9 Å². The highest BCUT2D eigenvalue weighted by molar-refractivity contribution is 5.77.